The van der Waals surface area contributed by atoms with Gasteiger partial charge in [0.25, 0.3) is 5.91 Å². The van der Waals surface area contributed by atoms with Crippen LogP contribution in [0.3, 0.4) is 0 Å². The van der Waals surface area contributed by atoms with E-state index in [4.69, 9.17) is 4.74 Å². The second kappa shape index (κ2) is 10.8. The zero-order valence-corrected chi connectivity index (χ0v) is 24.3. The van der Waals surface area contributed by atoms with Crippen LogP contribution in [0, 0.1) is 17.3 Å². The Morgan fingerprint density at radius 3 is 2.27 bits per heavy atom. The molecule has 1 aromatic heterocycles. The highest BCUT2D eigenvalue weighted by molar-refractivity contribution is 8.45. The molecule has 4 rings (SSSR count). The zero-order valence-electron chi connectivity index (χ0n) is 23.5. The van der Waals surface area contributed by atoms with Crippen LogP contribution in [0.15, 0.2) is 47.6 Å². The number of hydrogen-bond acceptors (Lipinski definition) is 6. The van der Waals surface area contributed by atoms with Crippen molar-refractivity contribution in [3.63, 3.8) is 0 Å². The molecule has 1 aliphatic heterocycles. The summed E-state index contributed by atoms with van der Waals surface area (Å²) >= 11 is 0. The lowest BCUT2D eigenvalue weighted by molar-refractivity contribution is -0.141. The number of benzene rings is 1. The van der Waals surface area contributed by atoms with Gasteiger partial charge in [0.05, 0.1) is 24.9 Å². The number of ether oxygens (including phenoxy) is 1. The molecule has 44 heavy (non-hydrogen) atoms. The fraction of sp³-hybridized carbons (Fsp3) is 0.481. The van der Waals surface area contributed by atoms with Gasteiger partial charge in [0.1, 0.15) is 22.8 Å². The molecular weight excluding hydrogens is 626 g/mol. The molecule has 1 unspecified atom stereocenters. The Hall–Kier alpha value is -3.65. The Labute approximate surface area is 247 Å². The van der Waals surface area contributed by atoms with E-state index in [0.717, 1.165) is 23.4 Å². The third-order valence-electron chi connectivity index (χ3n) is 7.38. The second-order valence-electron chi connectivity index (χ2n) is 11.5. The van der Waals surface area contributed by atoms with Gasteiger partial charge in [-0.3, -0.25) is 24.4 Å². The van der Waals surface area contributed by atoms with Gasteiger partial charge in [-0.1, -0.05) is 19.4 Å². The quantitative estimate of drug-likeness (QED) is 0.267. The minimum atomic E-state index is -10.1. The molecule has 242 valence electrons. The molecule has 0 spiro atoms. The predicted octanol–water partition coefficient (Wildman–Crippen LogP) is 6.61. The van der Waals surface area contributed by atoms with Gasteiger partial charge >= 0.3 is 10.2 Å². The van der Waals surface area contributed by atoms with Gasteiger partial charge in [0.2, 0.25) is 11.8 Å². The molecule has 1 aliphatic carbocycles. The van der Waals surface area contributed by atoms with E-state index in [1.54, 1.807) is 13.8 Å². The number of nitrogens with zero attached hydrogens (tertiary/aromatic N) is 4. The normalized spacial score (nSPS) is 22.6. The molecule has 1 saturated heterocycles. The van der Waals surface area contributed by atoms with Crippen molar-refractivity contribution in [2.75, 3.05) is 18.1 Å². The zero-order chi connectivity index (χ0) is 32.8. The van der Waals surface area contributed by atoms with Gasteiger partial charge in [-0.15, -0.1) is 0 Å². The van der Waals surface area contributed by atoms with Crippen LogP contribution >= 0.6 is 10.2 Å². The third-order valence-corrected chi connectivity index (χ3v) is 8.55. The Morgan fingerprint density at radius 1 is 1.11 bits per heavy atom. The first-order valence-corrected chi connectivity index (χ1v) is 15.3. The summed E-state index contributed by atoms with van der Waals surface area (Å²) in [6, 6.07) is -2.11. The molecular formula is C27H29F8N5O3S. The molecule has 2 aromatic rings. The summed E-state index contributed by atoms with van der Waals surface area (Å²) in [6.07, 6.45) is 2.25. The van der Waals surface area contributed by atoms with E-state index >= 15 is 0 Å². The maximum absolute atomic E-state index is 14.4. The number of rotatable bonds is 7. The van der Waals surface area contributed by atoms with E-state index in [0.29, 0.717) is 17.0 Å². The number of nitriles is 1. The van der Waals surface area contributed by atoms with Crippen molar-refractivity contribution in [3.05, 3.63) is 54.1 Å². The monoisotopic (exact) mass is 655 g/mol. The Kier molecular flexibility index (Phi) is 8.13. The Bertz CT molecular complexity index is 1460. The van der Waals surface area contributed by atoms with E-state index in [2.05, 4.69) is 10.3 Å². The van der Waals surface area contributed by atoms with E-state index in [1.807, 2.05) is 6.19 Å². The molecule has 0 bridgehead atoms. The van der Waals surface area contributed by atoms with Gasteiger partial charge in [-0.05, 0) is 57.0 Å². The summed E-state index contributed by atoms with van der Waals surface area (Å²) in [5.74, 6) is -6.00. The van der Waals surface area contributed by atoms with Crippen LogP contribution in [0.1, 0.15) is 51.1 Å². The van der Waals surface area contributed by atoms with E-state index < -0.39 is 87.5 Å². The number of carbonyl (C=O) groups excluding carboxylic acids is 2. The summed E-state index contributed by atoms with van der Waals surface area (Å²) in [7, 11) is -10.1. The fourth-order valence-corrected chi connectivity index (χ4v) is 5.81. The number of amides is 2. The van der Waals surface area contributed by atoms with Crippen molar-refractivity contribution < 1.29 is 46.9 Å². The number of hydrogen-bond donors (Lipinski definition) is 1. The van der Waals surface area contributed by atoms with E-state index in [1.165, 1.54) is 0 Å². The van der Waals surface area contributed by atoms with Crippen molar-refractivity contribution in [1.29, 1.82) is 5.26 Å². The number of morpholine rings is 1. The molecule has 1 aromatic carbocycles. The van der Waals surface area contributed by atoms with Crippen LogP contribution in [-0.2, 0) is 14.3 Å². The Balaban J connectivity index is 1.83. The second-order valence-corrected chi connectivity index (χ2v) is 13.9. The molecule has 2 amide bonds. The highest BCUT2D eigenvalue weighted by atomic mass is 32.5. The first-order chi connectivity index (χ1) is 20.1. The lowest BCUT2D eigenvalue weighted by Crippen LogP contribution is -2.60. The molecule has 1 saturated carbocycles. The summed E-state index contributed by atoms with van der Waals surface area (Å²) in [5.41, 5.74) is -1.65. The number of carbonyl (C=O) groups is 2. The number of alkyl halides is 2. The predicted molar refractivity (Wildman–Crippen MR) is 144 cm³/mol. The van der Waals surface area contributed by atoms with Gasteiger partial charge in [-0.25, -0.2) is 13.2 Å². The smallest absolute Gasteiger partial charge is 0.310 e. The van der Waals surface area contributed by atoms with Crippen molar-refractivity contribution in [3.8, 4) is 6.19 Å². The summed E-state index contributed by atoms with van der Waals surface area (Å²) in [4.78, 5) is 31.1. The average molecular weight is 656 g/mol. The minimum Gasteiger partial charge on any atom is -0.371 e. The van der Waals surface area contributed by atoms with Crippen LogP contribution in [0.4, 0.5) is 38.3 Å². The van der Waals surface area contributed by atoms with Crippen molar-refractivity contribution >= 4 is 27.7 Å². The lowest BCUT2D eigenvalue weighted by atomic mass is 9.91. The summed E-state index contributed by atoms with van der Waals surface area (Å²) in [5, 5.41) is 12.3. The van der Waals surface area contributed by atoms with Gasteiger partial charge in [0.15, 0.2) is 6.19 Å². The molecule has 17 heteroatoms. The highest BCUT2D eigenvalue weighted by Gasteiger charge is 2.65. The largest absolute Gasteiger partial charge is 0.371 e. The fourth-order valence-electron chi connectivity index (χ4n) is 5.16. The first-order valence-electron chi connectivity index (χ1n) is 13.4. The van der Waals surface area contributed by atoms with Gasteiger partial charge in [0, 0.05) is 36.3 Å². The van der Waals surface area contributed by atoms with Crippen LogP contribution in [0.5, 0.6) is 0 Å². The highest BCUT2D eigenvalue weighted by Crippen LogP contribution is 3.02. The number of halogens is 8. The van der Waals surface area contributed by atoms with E-state index in [-0.39, 0.29) is 37.1 Å². The van der Waals surface area contributed by atoms with Crippen LogP contribution in [0.2, 0.25) is 0 Å². The number of nitrogens with one attached hydrogen (secondary N) is 1. The number of aromatic nitrogens is 1. The van der Waals surface area contributed by atoms with Gasteiger partial charge in [-0.2, -0.15) is 5.26 Å². The molecule has 8 nitrogen and oxygen atoms in total. The Morgan fingerprint density at radius 2 is 1.73 bits per heavy atom. The minimum absolute atomic E-state index is 0.0434. The molecule has 2 heterocycles. The molecule has 1 N–H and O–H groups in total. The SMILES string of the molecule is CC1(C)CN(C#N)[C@@H](C(=O)N(c2ccc(S(F)(F)(F)(F)F)cc2)C(C(=O)NC2CCC(F)(F)CC2)c2cncc(F)c2)CO1. The molecule has 0 radical (unpaired) electrons. The standard InChI is InChI=1S/C27H29F8N5O3S/c1-26(2)15-39(16-36)22(14-43-26)25(42)40(20-3-5-21(6-4-20)44(31,32,33,34)35)23(17-11-18(28)13-37-12-17)24(41)38-19-7-9-27(29,30)10-8-19/h3-6,11-13,19,22-23H,7-10,14-15H2,1-2H3,(H,38,41)/t22-,23?/m1/s1. The number of anilines is 1. The molecule has 2 atom stereocenters. The van der Waals surface area contributed by atoms with Crippen molar-refractivity contribution in [2.24, 2.45) is 0 Å². The van der Waals surface area contributed by atoms with Crippen molar-refractivity contribution in [1.82, 2.24) is 15.2 Å². The third kappa shape index (κ3) is 7.70. The average Bonchev–Trinajstić information content (AvgIpc) is 2.90. The lowest BCUT2D eigenvalue weighted by Gasteiger charge is -2.43. The number of pyridine rings is 1. The molecule has 2 aliphatic rings. The van der Waals surface area contributed by atoms with Crippen LogP contribution < -0.4 is 10.2 Å². The van der Waals surface area contributed by atoms with Crippen LogP contribution in [0.25, 0.3) is 0 Å². The van der Waals surface area contributed by atoms with Gasteiger partial charge < -0.3 is 10.1 Å². The van der Waals surface area contributed by atoms with Crippen molar-refractivity contribution in [2.45, 2.75) is 74.1 Å². The maximum Gasteiger partial charge on any atom is 0.310 e. The summed E-state index contributed by atoms with van der Waals surface area (Å²) < 4.78 is 115. The topological polar surface area (TPSA) is 98.6 Å². The molecule has 2 fully saturated rings. The first kappa shape index (κ1) is 33.2. The maximum atomic E-state index is 14.4. The summed E-state index contributed by atoms with van der Waals surface area (Å²) in [6.45, 7) is 2.76. The van der Waals surface area contributed by atoms with E-state index in [9.17, 15) is 47.5 Å². The van der Waals surface area contributed by atoms with Crippen LogP contribution in [-0.4, -0.2) is 58.5 Å².